The lowest BCUT2D eigenvalue weighted by atomic mass is 10.0. The maximum absolute atomic E-state index is 6.60. The van der Waals surface area contributed by atoms with Crippen LogP contribution in [0.5, 0.6) is 0 Å². The van der Waals surface area contributed by atoms with Crippen molar-refractivity contribution in [1.29, 1.82) is 0 Å². The standard InChI is InChI=1S/C33H20ClN3O/c34-28-17-15-23(19-26(28)21-9-3-1-4-10-21)32-35-31(22-11-5-2-6-12-22)36-33(37-32)24-16-18-30-27(20-24)25-13-7-8-14-29(25)38-30/h1-20H. The van der Waals surface area contributed by atoms with Crippen molar-refractivity contribution in [2.45, 2.75) is 0 Å². The molecule has 0 unspecified atom stereocenters. The molecule has 5 heteroatoms. The second-order valence-electron chi connectivity index (χ2n) is 9.04. The lowest BCUT2D eigenvalue weighted by Crippen LogP contribution is -2.00. The van der Waals surface area contributed by atoms with Gasteiger partial charge in [-0.2, -0.15) is 0 Å². The first kappa shape index (κ1) is 22.4. The second kappa shape index (κ2) is 9.25. The molecule has 0 fully saturated rings. The van der Waals surface area contributed by atoms with Crippen molar-refractivity contribution in [3.8, 4) is 45.3 Å². The summed E-state index contributed by atoms with van der Waals surface area (Å²) in [7, 11) is 0. The highest BCUT2D eigenvalue weighted by molar-refractivity contribution is 6.33. The summed E-state index contributed by atoms with van der Waals surface area (Å²) >= 11 is 6.60. The molecule has 0 saturated heterocycles. The number of para-hydroxylation sites is 1. The number of hydrogen-bond donors (Lipinski definition) is 0. The van der Waals surface area contributed by atoms with Crippen LogP contribution in [0.1, 0.15) is 0 Å². The third-order valence-corrected chi connectivity index (χ3v) is 6.94. The molecule has 0 amide bonds. The highest BCUT2D eigenvalue weighted by Gasteiger charge is 2.15. The Bertz CT molecular complexity index is 1930. The monoisotopic (exact) mass is 509 g/mol. The largest absolute Gasteiger partial charge is 0.456 e. The molecule has 0 aliphatic heterocycles. The fraction of sp³-hybridized carbons (Fsp3) is 0. The Morgan fingerprint density at radius 3 is 1.74 bits per heavy atom. The molecular weight excluding hydrogens is 490 g/mol. The van der Waals surface area contributed by atoms with Gasteiger partial charge in [0.15, 0.2) is 17.5 Å². The van der Waals surface area contributed by atoms with Gasteiger partial charge in [0.1, 0.15) is 11.2 Å². The minimum Gasteiger partial charge on any atom is -0.456 e. The van der Waals surface area contributed by atoms with E-state index in [0.717, 1.165) is 49.8 Å². The number of halogens is 1. The van der Waals surface area contributed by atoms with Crippen molar-refractivity contribution in [2.75, 3.05) is 0 Å². The SMILES string of the molecule is Clc1ccc(-c2nc(-c3ccccc3)nc(-c3ccc4oc5ccccc5c4c3)n2)cc1-c1ccccc1. The number of rotatable bonds is 4. The van der Waals surface area contributed by atoms with Gasteiger partial charge in [0.25, 0.3) is 0 Å². The van der Waals surface area contributed by atoms with Crippen molar-refractivity contribution >= 4 is 33.5 Å². The molecule has 7 rings (SSSR count). The van der Waals surface area contributed by atoms with Gasteiger partial charge in [0.2, 0.25) is 0 Å². The molecule has 0 radical (unpaired) electrons. The Morgan fingerprint density at radius 1 is 0.447 bits per heavy atom. The number of fused-ring (bicyclic) bond motifs is 3. The Balaban J connectivity index is 1.43. The lowest BCUT2D eigenvalue weighted by molar-refractivity contribution is 0.669. The summed E-state index contributed by atoms with van der Waals surface area (Å²) in [5.41, 5.74) is 6.33. The zero-order valence-corrected chi connectivity index (χ0v) is 20.9. The first-order valence-corrected chi connectivity index (χ1v) is 12.7. The van der Waals surface area contributed by atoms with E-state index in [4.69, 9.17) is 31.0 Å². The van der Waals surface area contributed by atoms with Crippen LogP contribution < -0.4 is 0 Å². The number of hydrogen-bond acceptors (Lipinski definition) is 4. The average Bonchev–Trinajstić information content (AvgIpc) is 3.36. The third kappa shape index (κ3) is 4.01. The molecule has 2 aromatic heterocycles. The second-order valence-corrected chi connectivity index (χ2v) is 9.45. The van der Waals surface area contributed by atoms with Crippen LogP contribution in [0.4, 0.5) is 0 Å². The van der Waals surface area contributed by atoms with Crippen molar-refractivity contribution in [2.24, 2.45) is 0 Å². The van der Waals surface area contributed by atoms with Gasteiger partial charge in [-0.25, -0.2) is 15.0 Å². The fourth-order valence-electron chi connectivity index (χ4n) is 4.72. The van der Waals surface area contributed by atoms with Crippen molar-refractivity contribution < 1.29 is 4.42 Å². The Hall–Kier alpha value is -4.80. The molecule has 4 nitrogen and oxygen atoms in total. The predicted octanol–water partition coefficient (Wildman–Crippen LogP) is 9.09. The topological polar surface area (TPSA) is 51.8 Å². The van der Waals surface area contributed by atoms with Crippen molar-refractivity contribution in [3.05, 3.63) is 126 Å². The molecule has 2 heterocycles. The van der Waals surface area contributed by atoms with Crippen LogP contribution in [-0.4, -0.2) is 15.0 Å². The molecule has 7 aromatic rings. The highest BCUT2D eigenvalue weighted by Crippen LogP contribution is 2.34. The lowest BCUT2D eigenvalue weighted by Gasteiger charge is -2.11. The zero-order valence-electron chi connectivity index (χ0n) is 20.2. The van der Waals surface area contributed by atoms with Crippen LogP contribution in [0.2, 0.25) is 5.02 Å². The predicted molar refractivity (Wildman–Crippen MR) is 154 cm³/mol. The molecule has 38 heavy (non-hydrogen) atoms. The first-order chi connectivity index (χ1) is 18.7. The van der Waals surface area contributed by atoms with Gasteiger partial charge >= 0.3 is 0 Å². The molecule has 0 bridgehead atoms. The molecule has 0 saturated carbocycles. The Morgan fingerprint density at radius 2 is 1.00 bits per heavy atom. The quantitative estimate of drug-likeness (QED) is 0.237. The van der Waals surface area contributed by atoms with Gasteiger partial charge in [0.05, 0.1) is 0 Å². The summed E-state index contributed by atoms with van der Waals surface area (Å²) in [5.74, 6) is 1.79. The molecule has 0 spiro atoms. The number of aromatic nitrogens is 3. The fourth-order valence-corrected chi connectivity index (χ4v) is 4.95. The van der Waals surface area contributed by atoms with Crippen LogP contribution in [0.15, 0.2) is 126 Å². The van der Waals surface area contributed by atoms with E-state index in [1.54, 1.807) is 0 Å². The summed E-state index contributed by atoms with van der Waals surface area (Å²) in [5, 5.41) is 2.76. The summed E-state index contributed by atoms with van der Waals surface area (Å²) in [6.07, 6.45) is 0. The van der Waals surface area contributed by atoms with Crippen molar-refractivity contribution in [3.63, 3.8) is 0 Å². The third-order valence-electron chi connectivity index (χ3n) is 6.61. The molecule has 0 aliphatic carbocycles. The summed E-state index contributed by atoms with van der Waals surface area (Å²) in [6, 6.07) is 40.0. The Labute approximate surface area is 224 Å². The zero-order chi connectivity index (χ0) is 25.5. The van der Waals surface area contributed by atoms with Crippen LogP contribution in [0.3, 0.4) is 0 Å². The van der Waals surface area contributed by atoms with E-state index in [0.29, 0.717) is 22.5 Å². The van der Waals surface area contributed by atoms with Gasteiger partial charge in [-0.05, 0) is 48.0 Å². The molecule has 5 aromatic carbocycles. The van der Waals surface area contributed by atoms with E-state index in [2.05, 4.69) is 12.1 Å². The van der Waals surface area contributed by atoms with E-state index in [1.165, 1.54) is 0 Å². The average molecular weight is 510 g/mol. The molecule has 0 N–H and O–H groups in total. The summed E-state index contributed by atoms with van der Waals surface area (Å²) < 4.78 is 6.03. The minimum absolute atomic E-state index is 0.583. The van der Waals surface area contributed by atoms with Gasteiger partial charge < -0.3 is 4.42 Å². The maximum Gasteiger partial charge on any atom is 0.164 e. The minimum atomic E-state index is 0.583. The maximum atomic E-state index is 6.60. The van der Waals surface area contributed by atoms with Crippen molar-refractivity contribution in [1.82, 2.24) is 15.0 Å². The summed E-state index contributed by atoms with van der Waals surface area (Å²) in [4.78, 5) is 14.7. The number of furan rings is 1. The van der Waals surface area contributed by atoms with Gasteiger partial charge in [-0.3, -0.25) is 0 Å². The van der Waals surface area contributed by atoms with E-state index >= 15 is 0 Å². The van der Waals surface area contributed by atoms with E-state index in [-0.39, 0.29) is 0 Å². The Kier molecular flexibility index (Phi) is 5.46. The van der Waals surface area contributed by atoms with Gasteiger partial charge in [-0.15, -0.1) is 0 Å². The van der Waals surface area contributed by atoms with E-state index < -0.39 is 0 Å². The van der Waals surface area contributed by atoms with Crippen LogP contribution in [-0.2, 0) is 0 Å². The van der Waals surface area contributed by atoms with Crippen LogP contribution >= 0.6 is 11.6 Å². The first-order valence-electron chi connectivity index (χ1n) is 12.3. The van der Waals surface area contributed by atoms with Gasteiger partial charge in [0, 0.05) is 38.0 Å². The van der Waals surface area contributed by atoms with E-state index in [9.17, 15) is 0 Å². The van der Waals surface area contributed by atoms with Gasteiger partial charge in [-0.1, -0.05) is 90.5 Å². The molecule has 0 atom stereocenters. The van der Waals surface area contributed by atoms with Crippen LogP contribution in [0, 0.1) is 0 Å². The highest BCUT2D eigenvalue weighted by atomic mass is 35.5. The number of benzene rings is 5. The van der Waals surface area contributed by atoms with Crippen LogP contribution in [0.25, 0.3) is 67.2 Å². The van der Waals surface area contributed by atoms with E-state index in [1.807, 2.05) is 109 Å². The number of nitrogens with zero attached hydrogens (tertiary/aromatic N) is 3. The molecule has 180 valence electrons. The molecular formula is C33H20ClN3O. The summed E-state index contributed by atoms with van der Waals surface area (Å²) in [6.45, 7) is 0. The smallest absolute Gasteiger partial charge is 0.164 e. The normalized spacial score (nSPS) is 11.3. The molecule has 0 aliphatic rings.